The van der Waals surface area contributed by atoms with E-state index in [9.17, 15) is 4.79 Å². The maximum Gasteiger partial charge on any atom is 0.263 e. The van der Waals surface area contributed by atoms with Crippen LogP contribution in [0.1, 0.15) is 26.2 Å². The van der Waals surface area contributed by atoms with Gasteiger partial charge in [0.25, 0.3) is 5.91 Å². The second-order valence-electron chi connectivity index (χ2n) is 4.88. The molecule has 1 atom stereocenters. The van der Waals surface area contributed by atoms with Gasteiger partial charge in [0.1, 0.15) is 5.75 Å². The van der Waals surface area contributed by atoms with Crippen LogP contribution in [0.25, 0.3) is 0 Å². The summed E-state index contributed by atoms with van der Waals surface area (Å²) < 4.78 is 5.59. The van der Waals surface area contributed by atoms with Gasteiger partial charge in [0.2, 0.25) is 0 Å². The molecule has 1 unspecified atom stereocenters. The average Bonchev–Trinajstić information content (AvgIpc) is 2.45. The largest absolute Gasteiger partial charge is 0.479 e. The SMILES string of the molecule is CC(Oc1ccc(Cl)cc1Cl)C(=O)N(C)CCCCCO. The topological polar surface area (TPSA) is 49.8 Å². The van der Waals surface area contributed by atoms with E-state index in [-0.39, 0.29) is 12.5 Å². The fraction of sp³-hybridized carbons (Fsp3) is 0.533. The van der Waals surface area contributed by atoms with Crippen LogP contribution >= 0.6 is 23.2 Å². The van der Waals surface area contributed by atoms with E-state index in [4.69, 9.17) is 33.0 Å². The van der Waals surface area contributed by atoms with Gasteiger partial charge in [-0.3, -0.25) is 4.79 Å². The van der Waals surface area contributed by atoms with Gasteiger partial charge in [0, 0.05) is 25.2 Å². The van der Waals surface area contributed by atoms with Gasteiger partial charge in [-0.15, -0.1) is 0 Å². The van der Waals surface area contributed by atoms with E-state index in [2.05, 4.69) is 0 Å². The fourth-order valence-corrected chi connectivity index (χ4v) is 2.32. The Labute approximate surface area is 135 Å². The van der Waals surface area contributed by atoms with Crippen molar-refractivity contribution in [1.82, 2.24) is 4.90 Å². The maximum atomic E-state index is 12.2. The molecule has 0 aliphatic rings. The molecule has 0 spiro atoms. The zero-order valence-electron chi connectivity index (χ0n) is 12.3. The first-order chi connectivity index (χ1) is 9.95. The van der Waals surface area contributed by atoms with Crippen LogP contribution in [-0.2, 0) is 4.79 Å². The van der Waals surface area contributed by atoms with E-state index in [1.165, 1.54) is 0 Å². The third kappa shape index (κ3) is 6.12. The molecule has 1 aromatic carbocycles. The van der Waals surface area contributed by atoms with E-state index >= 15 is 0 Å². The van der Waals surface area contributed by atoms with Crippen molar-refractivity contribution in [2.45, 2.75) is 32.3 Å². The number of nitrogens with zero attached hydrogens (tertiary/aromatic N) is 1. The van der Waals surface area contributed by atoms with Crippen molar-refractivity contribution >= 4 is 29.1 Å². The molecule has 0 aliphatic heterocycles. The van der Waals surface area contributed by atoms with E-state index in [0.717, 1.165) is 19.3 Å². The molecule has 6 heteroatoms. The number of unbranched alkanes of at least 4 members (excludes halogenated alkanes) is 2. The second kappa shape index (κ2) is 9.13. The molecule has 0 aromatic heterocycles. The molecule has 21 heavy (non-hydrogen) atoms. The third-order valence-electron chi connectivity index (χ3n) is 3.07. The lowest BCUT2D eigenvalue weighted by molar-refractivity contribution is -0.136. The number of carbonyl (C=O) groups is 1. The quantitative estimate of drug-likeness (QED) is 0.742. The highest BCUT2D eigenvalue weighted by Crippen LogP contribution is 2.28. The van der Waals surface area contributed by atoms with Gasteiger partial charge in [0.15, 0.2) is 6.10 Å². The number of likely N-dealkylation sites (N-methyl/N-ethyl adjacent to an activating group) is 1. The molecule has 1 N–H and O–H groups in total. The van der Waals surface area contributed by atoms with E-state index < -0.39 is 6.10 Å². The minimum atomic E-state index is -0.619. The van der Waals surface area contributed by atoms with Crippen LogP contribution in [0.5, 0.6) is 5.75 Å². The molecule has 0 fully saturated rings. The Kier molecular flexibility index (Phi) is 7.86. The predicted octanol–water partition coefficient (Wildman–Crippen LogP) is 3.38. The monoisotopic (exact) mass is 333 g/mol. The fourth-order valence-electron chi connectivity index (χ4n) is 1.87. The number of carbonyl (C=O) groups excluding carboxylic acids is 1. The van der Waals surface area contributed by atoms with Gasteiger partial charge in [-0.1, -0.05) is 23.2 Å². The van der Waals surface area contributed by atoms with E-state index in [0.29, 0.717) is 22.3 Å². The highest BCUT2D eigenvalue weighted by atomic mass is 35.5. The Bertz CT molecular complexity index is 468. The van der Waals surface area contributed by atoms with Crippen LogP contribution in [0.3, 0.4) is 0 Å². The molecule has 0 saturated carbocycles. The lowest BCUT2D eigenvalue weighted by Crippen LogP contribution is -2.38. The summed E-state index contributed by atoms with van der Waals surface area (Å²) in [6, 6.07) is 4.89. The average molecular weight is 334 g/mol. The van der Waals surface area contributed by atoms with Gasteiger partial charge in [-0.05, 0) is 44.4 Å². The van der Waals surface area contributed by atoms with Gasteiger partial charge in [0.05, 0.1) is 5.02 Å². The Morgan fingerprint density at radius 2 is 2.05 bits per heavy atom. The molecule has 0 saturated heterocycles. The number of hydrogen-bond acceptors (Lipinski definition) is 3. The third-order valence-corrected chi connectivity index (χ3v) is 3.60. The number of ether oxygens (including phenoxy) is 1. The molecule has 1 rings (SSSR count). The maximum absolute atomic E-state index is 12.2. The number of aliphatic hydroxyl groups is 1. The predicted molar refractivity (Wildman–Crippen MR) is 85.1 cm³/mol. The Morgan fingerprint density at radius 3 is 2.67 bits per heavy atom. The second-order valence-corrected chi connectivity index (χ2v) is 5.72. The minimum absolute atomic E-state index is 0.106. The van der Waals surface area contributed by atoms with E-state index in [1.54, 1.807) is 37.1 Å². The lowest BCUT2D eigenvalue weighted by atomic mass is 10.2. The lowest BCUT2D eigenvalue weighted by Gasteiger charge is -2.22. The molecule has 118 valence electrons. The standard InChI is InChI=1S/C15H21Cl2NO3/c1-11(15(20)18(2)8-4-3-5-9-19)21-14-7-6-12(16)10-13(14)17/h6-7,10-11,19H,3-5,8-9H2,1-2H3. The van der Waals surface area contributed by atoms with Gasteiger partial charge in [-0.2, -0.15) is 0 Å². The van der Waals surface area contributed by atoms with Crippen molar-refractivity contribution in [3.8, 4) is 5.75 Å². The first-order valence-electron chi connectivity index (χ1n) is 6.93. The molecular weight excluding hydrogens is 313 g/mol. The van der Waals surface area contributed by atoms with Gasteiger partial charge in [-0.25, -0.2) is 0 Å². The van der Waals surface area contributed by atoms with Gasteiger partial charge < -0.3 is 14.7 Å². The zero-order valence-corrected chi connectivity index (χ0v) is 13.8. The number of rotatable bonds is 8. The number of halogens is 2. The highest BCUT2D eigenvalue weighted by Gasteiger charge is 2.19. The summed E-state index contributed by atoms with van der Waals surface area (Å²) in [6.45, 7) is 2.52. The molecule has 0 radical (unpaired) electrons. The van der Waals surface area contributed by atoms with Crippen molar-refractivity contribution in [2.24, 2.45) is 0 Å². The highest BCUT2D eigenvalue weighted by molar-refractivity contribution is 6.35. The van der Waals surface area contributed by atoms with Crippen molar-refractivity contribution in [2.75, 3.05) is 20.2 Å². The van der Waals surface area contributed by atoms with Crippen LogP contribution in [0.4, 0.5) is 0 Å². The van der Waals surface area contributed by atoms with Crippen molar-refractivity contribution in [3.63, 3.8) is 0 Å². The zero-order chi connectivity index (χ0) is 15.8. The van der Waals surface area contributed by atoms with Crippen molar-refractivity contribution < 1.29 is 14.6 Å². The van der Waals surface area contributed by atoms with Gasteiger partial charge >= 0.3 is 0 Å². The molecule has 4 nitrogen and oxygen atoms in total. The van der Waals surface area contributed by atoms with Crippen molar-refractivity contribution in [3.05, 3.63) is 28.2 Å². The smallest absolute Gasteiger partial charge is 0.263 e. The first-order valence-corrected chi connectivity index (χ1v) is 7.69. The molecule has 0 bridgehead atoms. The Morgan fingerprint density at radius 1 is 1.33 bits per heavy atom. The summed E-state index contributed by atoms with van der Waals surface area (Å²) in [7, 11) is 1.74. The van der Waals surface area contributed by atoms with Crippen LogP contribution < -0.4 is 4.74 Å². The van der Waals surface area contributed by atoms with Crippen molar-refractivity contribution in [1.29, 1.82) is 0 Å². The molecule has 1 aromatic rings. The minimum Gasteiger partial charge on any atom is -0.479 e. The summed E-state index contributed by atoms with van der Waals surface area (Å²) in [5, 5.41) is 9.62. The number of amides is 1. The summed E-state index contributed by atoms with van der Waals surface area (Å²) in [5.41, 5.74) is 0. The molecular formula is C15H21Cl2NO3. The van der Waals surface area contributed by atoms with E-state index in [1.807, 2.05) is 0 Å². The number of hydrogen-bond donors (Lipinski definition) is 1. The number of benzene rings is 1. The normalized spacial score (nSPS) is 12.0. The summed E-state index contributed by atoms with van der Waals surface area (Å²) in [5.74, 6) is 0.334. The summed E-state index contributed by atoms with van der Waals surface area (Å²) in [4.78, 5) is 13.8. The van der Waals surface area contributed by atoms with Crippen LogP contribution in [-0.4, -0.2) is 42.2 Å². The summed E-state index contributed by atoms with van der Waals surface area (Å²) >= 11 is 11.8. The van der Waals surface area contributed by atoms with Crippen LogP contribution in [0.15, 0.2) is 18.2 Å². The Hall–Kier alpha value is -0.970. The molecule has 1 amide bonds. The molecule has 0 heterocycles. The Balaban J connectivity index is 2.49. The van der Waals surface area contributed by atoms with Crippen LogP contribution in [0, 0.1) is 0 Å². The number of aliphatic hydroxyl groups excluding tert-OH is 1. The summed E-state index contributed by atoms with van der Waals surface area (Å²) in [6.07, 6.45) is 1.89. The van der Waals surface area contributed by atoms with Crippen LogP contribution in [0.2, 0.25) is 10.0 Å². The first kappa shape index (κ1) is 18.1. The molecule has 0 aliphatic carbocycles.